The Morgan fingerprint density at radius 2 is 1.41 bits per heavy atom. The predicted octanol–water partition coefficient (Wildman–Crippen LogP) is -0.159. The van der Waals surface area contributed by atoms with Gasteiger partial charge in [0.15, 0.2) is 0 Å². The Kier molecular flexibility index (Phi) is 14.5. The number of hydrogen-bond donors (Lipinski definition) is 8. The van der Waals surface area contributed by atoms with Crippen LogP contribution < -0.4 is 27.4 Å². The Bertz CT molecular complexity index is 972. The second kappa shape index (κ2) is 17.0. The molecule has 5 unspecified atom stereocenters. The van der Waals surface area contributed by atoms with E-state index in [1.807, 2.05) is 6.92 Å². The normalized spacial score (nSPS) is 14.8. The third-order valence-corrected chi connectivity index (χ3v) is 6.41. The van der Waals surface area contributed by atoms with Gasteiger partial charge in [-0.3, -0.25) is 19.2 Å². The molecule has 0 saturated carbocycles. The second-order valence-electron chi connectivity index (χ2n) is 9.52. The highest BCUT2D eigenvalue weighted by Gasteiger charge is 2.31. The standard InChI is InChI=1S/C26H41N5O8/c1-3-15(2)22(28)25(37)31-20(14-16-7-9-17(32)10-8-16)24(36)29-18(6-4-5-13-27)23(35)30-19(26(38)39)11-12-21(33)34/h7-10,15,18-20,22,32H,3-6,11-14,27-28H2,1-2H3,(H,29,36)(H,30,35)(H,31,37)(H,33,34)(H,38,39). The van der Waals surface area contributed by atoms with Gasteiger partial charge in [-0.25, -0.2) is 4.79 Å². The Balaban J connectivity index is 3.15. The number of carbonyl (C=O) groups excluding carboxylic acids is 3. The fraction of sp³-hybridized carbons (Fsp3) is 0.577. The third kappa shape index (κ3) is 12.1. The summed E-state index contributed by atoms with van der Waals surface area (Å²) in [5.41, 5.74) is 12.2. The van der Waals surface area contributed by atoms with Crippen molar-refractivity contribution in [1.29, 1.82) is 0 Å². The van der Waals surface area contributed by atoms with Gasteiger partial charge in [-0.15, -0.1) is 0 Å². The van der Waals surface area contributed by atoms with E-state index in [0.29, 0.717) is 31.4 Å². The number of nitrogens with two attached hydrogens (primary N) is 2. The predicted molar refractivity (Wildman–Crippen MR) is 142 cm³/mol. The van der Waals surface area contributed by atoms with Gasteiger partial charge >= 0.3 is 11.9 Å². The van der Waals surface area contributed by atoms with Crippen molar-refractivity contribution in [3.63, 3.8) is 0 Å². The van der Waals surface area contributed by atoms with Gasteiger partial charge in [0, 0.05) is 12.8 Å². The van der Waals surface area contributed by atoms with Crippen LogP contribution in [0.2, 0.25) is 0 Å². The zero-order valence-corrected chi connectivity index (χ0v) is 22.4. The van der Waals surface area contributed by atoms with E-state index in [9.17, 15) is 34.2 Å². The number of aliphatic carboxylic acids is 2. The fourth-order valence-corrected chi connectivity index (χ4v) is 3.69. The average molecular weight is 552 g/mol. The molecule has 0 aliphatic heterocycles. The zero-order chi connectivity index (χ0) is 29.5. The smallest absolute Gasteiger partial charge is 0.326 e. The van der Waals surface area contributed by atoms with Crippen molar-refractivity contribution in [3.8, 4) is 5.75 Å². The summed E-state index contributed by atoms with van der Waals surface area (Å²) in [6, 6.07) is 1.39. The van der Waals surface area contributed by atoms with Crippen molar-refractivity contribution in [1.82, 2.24) is 16.0 Å². The van der Waals surface area contributed by atoms with Gasteiger partial charge in [-0.2, -0.15) is 0 Å². The SMILES string of the molecule is CCC(C)C(N)C(=O)NC(Cc1ccc(O)cc1)C(=O)NC(CCCCN)C(=O)NC(CCC(=O)O)C(=O)O. The molecule has 0 bridgehead atoms. The van der Waals surface area contributed by atoms with Crippen LogP contribution in [0.25, 0.3) is 0 Å². The van der Waals surface area contributed by atoms with Gasteiger partial charge in [0.25, 0.3) is 0 Å². The average Bonchev–Trinajstić information content (AvgIpc) is 2.89. The maximum Gasteiger partial charge on any atom is 0.326 e. The maximum absolute atomic E-state index is 13.4. The van der Waals surface area contributed by atoms with Crippen LogP contribution in [0.3, 0.4) is 0 Å². The lowest BCUT2D eigenvalue weighted by Gasteiger charge is -2.26. The number of carboxylic acids is 2. The summed E-state index contributed by atoms with van der Waals surface area (Å²) in [7, 11) is 0. The first-order valence-corrected chi connectivity index (χ1v) is 13.0. The maximum atomic E-state index is 13.4. The number of unbranched alkanes of at least 4 members (excludes halogenated alkanes) is 1. The van der Waals surface area contributed by atoms with Gasteiger partial charge in [-0.05, 0) is 55.8 Å². The number of amides is 3. The minimum Gasteiger partial charge on any atom is -0.508 e. The summed E-state index contributed by atoms with van der Waals surface area (Å²) in [6.07, 6.45) is 0.962. The molecule has 13 heteroatoms. The van der Waals surface area contributed by atoms with E-state index < -0.39 is 60.2 Å². The molecule has 1 rings (SSSR count). The summed E-state index contributed by atoms with van der Waals surface area (Å²) in [5, 5.41) is 35.4. The topological polar surface area (TPSA) is 234 Å². The number of phenolic OH excluding ortho intramolecular Hbond substituents is 1. The van der Waals surface area contributed by atoms with Crippen molar-refractivity contribution in [2.24, 2.45) is 17.4 Å². The van der Waals surface area contributed by atoms with Crippen molar-refractivity contribution in [3.05, 3.63) is 29.8 Å². The molecule has 0 heterocycles. The molecule has 0 aliphatic rings. The highest BCUT2D eigenvalue weighted by Crippen LogP contribution is 2.13. The van der Waals surface area contributed by atoms with Crippen LogP contribution >= 0.6 is 0 Å². The number of carboxylic acid groups (broad SMARTS) is 2. The lowest BCUT2D eigenvalue weighted by atomic mass is 9.98. The van der Waals surface area contributed by atoms with E-state index in [0.717, 1.165) is 0 Å². The van der Waals surface area contributed by atoms with E-state index in [1.165, 1.54) is 12.1 Å². The number of hydrogen-bond acceptors (Lipinski definition) is 8. The van der Waals surface area contributed by atoms with Crippen molar-refractivity contribution in [2.45, 2.75) is 83.0 Å². The number of aromatic hydroxyl groups is 1. The molecule has 10 N–H and O–H groups in total. The largest absolute Gasteiger partial charge is 0.508 e. The zero-order valence-electron chi connectivity index (χ0n) is 22.4. The number of nitrogens with one attached hydrogen (secondary N) is 3. The Hall–Kier alpha value is -3.71. The minimum absolute atomic E-state index is 0.0232. The quantitative estimate of drug-likeness (QED) is 0.112. The molecule has 0 fully saturated rings. The Morgan fingerprint density at radius 3 is 1.95 bits per heavy atom. The van der Waals surface area contributed by atoms with Gasteiger partial charge in [0.05, 0.1) is 6.04 Å². The summed E-state index contributed by atoms with van der Waals surface area (Å²) >= 11 is 0. The molecular formula is C26H41N5O8. The molecule has 13 nitrogen and oxygen atoms in total. The monoisotopic (exact) mass is 551 g/mol. The summed E-state index contributed by atoms with van der Waals surface area (Å²) in [4.78, 5) is 61.6. The molecule has 0 spiro atoms. The molecule has 1 aromatic rings. The lowest BCUT2D eigenvalue weighted by molar-refractivity contribution is -0.143. The summed E-state index contributed by atoms with van der Waals surface area (Å²) in [6.45, 7) is 4.02. The first-order chi connectivity index (χ1) is 18.4. The van der Waals surface area contributed by atoms with Crippen molar-refractivity contribution in [2.75, 3.05) is 6.54 Å². The second-order valence-corrected chi connectivity index (χ2v) is 9.52. The number of rotatable bonds is 18. The van der Waals surface area contributed by atoms with Gasteiger partial charge in [0.2, 0.25) is 17.7 Å². The lowest BCUT2D eigenvalue weighted by Crippen LogP contribution is -2.58. The minimum atomic E-state index is -1.47. The van der Waals surface area contributed by atoms with Crippen molar-refractivity contribution < 1.29 is 39.3 Å². The van der Waals surface area contributed by atoms with E-state index in [-0.39, 0.29) is 30.9 Å². The van der Waals surface area contributed by atoms with Crippen LogP contribution in [0, 0.1) is 5.92 Å². The van der Waals surface area contributed by atoms with Crippen molar-refractivity contribution >= 4 is 29.7 Å². The first kappa shape index (κ1) is 33.3. The molecule has 0 aliphatic carbocycles. The number of phenols is 1. The number of carbonyl (C=O) groups is 5. The molecule has 5 atom stereocenters. The summed E-state index contributed by atoms with van der Waals surface area (Å²) in [5.74, 6) is -4.81. The van der Waals surface area contributed by atoms with Crippen LogP contribution in [-0.2, 0) is 30.4 Å². The highest BCUT2D eigenvalue weighted by molar-refractivity contribution is 5.94. The highest BCUT2D eigenvalue weighted by atomic mass is 16.4. The molecule has 3 amide bonds. The van der Waals surface area contributed by atoms with Crippen LogP contribution in [0.5, 0.6) is 5.75 Å². The molecule has 218 valence electrons. The van der Waals surface area contributed by atoms with E-state index >= 15 is 0 Å². The fourth-order valence-electron chi connectivity index (χ4n) is 3.69. The van der Waals surface area contributed by atoms with Crippen LogP contribution in [0.15, 0.2) is 24.3 Å². The molecule has 0 radical (unpaired) electrons. The van der Waals surface area contributed by atoms with Gasteiger partial charge in [-0.1, -0.05) is 32.4 Å². The Labute approximate surface area is 227 Å². The molecule has 0 aromatic heterocycles. The number of benzene rings is 1. The Morgan fingerprint density at radius 1 is 0.846 bits per heavy atom. The molecular weight excluding hydrogens is 510 g/mol. The molecule has 1 aromatic carbocycles. The summed E-state index contributed by atoms with van der Waals surface area (Å²) < 4.78 is 0. The van der Waals surface area contributed by atoms with E-state index in [4.69, 9.17) is 16.6 Å². The van der Waals surface area contributed by atoms with E-state index in [1.54, 1.807) is 19.1 Å². The third-order valence-electron chi connectivity index (χ3n) is 6.41. The van der Waals surface area contributed by atoms with E-state index in [2.05, 4.69) is 16.0 Å². The van der Waals surface area contributed by atoms with Crippen LogP contribution in [-0.4, -0.2) is 75.7 Å². The van der Waals surface area contributed by atoms with Crippen LogP contribution in [0.4, 0.5) is 0 Å². The van der Waals surface area contributed by atoms with Gasteiger partial charge in [0.1, 0.15) is 23.9 Å². The first-order valence-electron chi connectivity index (χ1n) is 13.0. The van der Waals surface area contributed by atoms with Gasteiger partial charge < -0.3 is 42.7 Å². The molecule has 0 saturated heterocycles. The van der Waals surface area contributed by atoms with Crippen LogP contribution in [0.1, 0.15) is 57.9 Å². The molecule has 39 heavy (non-hydrogen) atoms.